The van der Waals surface area contributed by atoms with E-state index in [4.69, 9.17) is 16.3 Å². The van der Waals surface area contributed by atoms with Crippen molar-refractivity contribution in [3.8, 4) is 5.75 Å². The highest BCUT2D eigenvalue weighted by molar-refractivity contribution is 7.07. The smallest absolute Gasteiger partial charge is 0.138 e. The lowest BCUT2D eigenvalue weighted by Crippen LogP contribution is -2.35. The zero-order valence-electron chi connectivity index (χ0n) is 12.1. The lowest BCUT2D eigenvalue weighted by Gasteiger charge is -2.20. The molecule has 2 rings (SSSR count). The number of ether oxygens (including phenoxy) is 1. The fourth-order valence-corrected chi connectivity index (χ4v) is 2.59. The Hall–Kier alpha value is -1.03. The zero-order chi connectivity index (χ0) is 14.6. The molecule has 0 radical (unpaired) electrons. The molecule has 4 heteroatoms. The topological polar surface area (TPSA) is 21.3 Å². The Labute approximate surface area is 129 Å². The van der Waals surface area contributed by atoms with Crippen LogP contribution >= 0.6 is 22.9 Å². The fourth-order valence-electron chi connectivity index (χ4n) is 1.67. The third-order valence-electron chi connectivity index (χ3n) is 2.79. The van der Waals surface area contributed by atoms with Gasteiger partial charge in [-0.1, -0.05) is 17.7 Å². The summed E-state index contributed by atoms with van der Waals surface area (Å²) in [5, 5.41) is 8.22. The second kappa shape index (κ2) is 6.61. The fraction of sp³-hybridized carbons (Fsp3) is 0.375. The molecule has 0 atom stereocenters. The minimum Gasteiger partial charge on any atom is -0.487 e. The van der Waals surface area contributed by atoms with Gasteiger partial charge in [0.25, 0.3) is 0 Å². The van der Waals surface area contributed by atoms with Crippen LogP contribution < -0.4 is 10.1 Å². The van der Waals surface area contributed by atoms with Crippen molar-refractivity contribution < 1.29 is 4.74 Å². The number of rotatable bonds is 5. The van der Waals surface area contributed by atoms with E-state index < -0.39 is 0 Å². The Balaban J connectivity index is 1.95. The van der Waals surface area contributed by atoms with Gasteiger partial charge in [0.05, 0.1) is 5.02 Å². The molecule has 1 N–H and O–H groups in total. The van der Waals surface area contributed by atoms with Gasteiger partial charge in [0.15, 0.2) is 0 Å². The van der Waals surface area contributed by atoms with Crippen LogP contribution in [0, 0.1) is 0 Å². The van der Waals surface area contributed by atoms with Crippen LogP contribution in [0.3, 0.4) is 0 Å². The van der Waals surface area contributed by atoms with Gasteiger partial charge in [-0.15, -0.1) is 0 Å². The first-order valence-corrected chi connectivity index (χ1v) is 7.93. The van der Waals surface area contributed by atoms with Gasteiger partial charge in [-0.05, 0) is 60.9 Å². The summed E-state index contributed by atoms with van der Waals surface area (Å²) in [5.41, 5.74) is 2.43. The first kappa shape index (κ1) is 15.4. The summed E-state index contributed by atoms with van der Waals surface area (Å²) >= 11 is 7.94. The molecule has 1 heterocycles. The summed E-state index contributed by atoms with van der Waals surface area (Å²) in [6.07, 6.45) is 0. The van der Waals surface area contributed by atoms with Crippen LogP contribution in [0.25, 0.3) is 0 Å². The Morgan fingerprint density at radius 2 is 2.00 bits per heavy atom. The van der Waals surface area contributed by atoms with Gasteiger partial charge in [-0.3, -0.25) is 0 Å². The number of nitrogens with one attached hydrogen (secondary N) is 1. The minimum atomic E-state index is 0.0978. The third-order valence-corrected chi connectivity index (χ3v) is 3.82. The molecule has 0 amide bonds. The van der Waals surface area contributed by atoms with Crippen LogP contribution in [0.15, 0.2) is 35.0 Å². The number of halogens is 1. The molecule has 0 fully saturated rings. The van der Waals surface area contributed by atoms with Crippen molar-refractivity contribution in [3.63, 3.8) is 0 Å². The van der Waals surface area contributed by atoms with Crippen LogP contribution in [-0.4, -0.2) is 5.54 Å². The van der Waals surface area contributed by atoms with Crippen LogP contribution in [0.2, 0.25) is 5.02 Å². The van der Waals surface area contributed by atoms with E-state index in [-0.39, 0.29) is 5.54 Å². The third kappa shape index (κ3) is 4.82. The summed E-state index contributed by atoms with van der Waals surface area (Å²) in [7, 11) is 0. The van der Waals surface area contributed by atoms with Crippen molar-refractivity contribution in [1.82, 2.24) is 5.32 Å². The molecule has 0 aliphatic carbocycles. The van der Waals surface area contributed by atoms with Gasteiger partial charge in [-0.2, -0.15) is 11.3 Å². The molecule has 2 nitrogen and oxygen atoms in total. The van der Waals surface area contributed by atoms with Crippen molar-refractivity contribution in [2.75, 3.05) is 0 Å². The maximum atomic E-state index is 6.27. The molecule has 0 saturated heterocycles. The number of hydrogen-bond donors (Lipinski definition) is 1. The van der Waals surface area contributed by atoms with E-state index in [1.807, 2.05) is 23.6 Å². The molecule has 20 heavy (non-hydrogen) atoms. The van der Waals surface area contributed by atoms with E-state index in [0.717, 1.165) is 17.9 Å². The van der Waals surface area contributed by atoms with Crippen molar-refractivity contribution in [1.29, 1.82) is 0 Å². The first-order chi connectivity index (χ1) is 9.44. The quantitative estimate of drug-likeness (QED) is 0.851. The molecule has 0 aliphatic rings. The molecule has 2 aromatic rings. The Kier molecular flexibility index (Phi) is 5.08. The highest BCUT2D eigenvalue weighted by Crippen LogP contribution is 2.26. The van der Waals surface area contributed by atoms with Crippen LogP contribution in [-0.2, 0) is 13.2 Å². The number of hydrogen-bond acceptors (Lipinski definition) is 3. The van der Waals surface area contributed by atoms with Gasteiger partial charge in [0, 0.05) is 12.1 Å². The van der Waals surface area contributed by atoms with Crippen molar-refractivity contribution in [2.24, 2.45) is 0 Å². The van der Waals surface area contributed by atoms with Crippen molar-refractivity contribution >= 4 is 22.9 Å². The average molecular weight is 310 g/mol. The van der Waals surface area contributed by atoms with Gasteiger partial charge in [0.2, 0.25) is 0 Å². The predicted octanol–water partition coefficient (Wildman–Crippen LogP) is 4.87. The summed E-state index contributed by atoms with van der Waals surface area (Å²) in [4.78, 5) is 0. The molecular weight excluding hydrogens is 290 g/mol. The summed E-state index contributed by atoms with van der Waals surface area (Å²) in [6, 6.07) is 8.01. The van der Waals surface area contributed by atoms with Gasteiger partial charge in [-0.25, -0.2) is 0 Å². The predicted molar refractivity (Wildman–Crippen MR) is 86.7 cm³/mol. The van der Waals surface area contributed by atoms with E-state index in [1.54, 1.807) is 11.3 Å². The summed E-state index contributed by atoms with van der Waals surface area (Å²) in [6.45, 7) is 7.80. The molecule has 1 aromatic carbocycles. The standard InChI is InChI=1S/C16H20ClNOS/c1-16(2,3)18-9-12-4-5-15(14(17)8-12)19-10-13-6-7-20-11-13/h4-8,11,18H,9-10H2,1-3H3. The lowest BCUT2D eigenvalue weighted by atomic mass is 10.1. The second-order valence-electron chi connectivity index (χ2n) is 5.79. The maximum absolute atomic E-state index is 6.27. The normalized spacial score (nSPS) is 11.6. The van der Waals surface area contributed by atoms with Crippen molar-refractivity contribution in [2.45, 2.75) is 39.5 Å². The highest BCUT2D eigenvalue weighted by atomic mass is 35.5. The lowest BCUT2D eigenvalue weighted by molar-refractivity contribution is 0.307. The monoisotopic (exact) mass is 309 g/mol. The van der Waals surface area contributed by atoms with E-state index >= 15 is 0 Å². The van der Waals surface area contributed by atoms with Gasteiger partial charge >= 0.3 is 0 Å². The average Bonchev–Trinajstić information content (AvgIpc) is 2.87. The molecular formula is C16H20ClNOS. The molecule has 0 saturated carbocycles. The molecule has 0 unspecified atom stereocenters. The van der Waals surface area contributed by atoms with E-state index in [9.17, 15) is 0 Å². The minimum absolute atomic E-state index is 0.0978. The van der Waals surface area contributed by atoms with Crippen molar-refractivity contribution in [3.05, 3.63) is 51.2 Å². The first-order valence-electron chi connectivity index (χ1n) is 6.61. The molecule has 1 aromatic heterocycles. The SMILES string of the molecule is CC(C)(C)NCc1ccc(OCc2ccsc2)c(Cl)c1. The van der Waals surface area contributed by atoms with Crippen LogP contribution in [0.4, 0.5) is 0 Å². The Morgan fingerprint density at radius 3 is 2.60 bits per heavy atom. The summed E-state index contributed by atoms with van der Waals surface area (Å²) < 4.78 is 5.74. The van der Waals surface area contributed by atoms with E-state index in [2.05, 4.69) is 37.5 Å². The van der Waals surface area contributed by atoms with E-state index in [0.29, 0.717) is 11.6 Å². The summed E-state index contributed by atoms with van der Waals surface area (Å²) in [5.74, 6) is 0.734. The largest absolute Gasteiger partial charge is 0.487 e. The zero-order valence-corrected chi connectivity index (χ0v) is 13.6. The Morgan fingerprint density at radius 1 is 1.20 bits per heavy atom. The number of benzene rings is 1. The maximum Gasteiger partial charge on any atom is 0.138 e. The molecule has 0 bridgehead atoms. The second-order valence-corrected chi connectivity index (χ2v) is 6.98. The molecule has 0 spiro atoms. The highest BCUT2D eigenvalue weighted by Gasteiger charge is 2.09. The Bertz CT molecular complexity index is 546. The molecule has 108 valence electrons. The molecule has 0 aliphatic heterocycles. The van der Waals surface area contributed by atoms with Gasteiger partial charge < -0.3 is 10.1 Å². The van der Waals surface area contributed by atoms with Gasteiger partial charge in [0.1, 0.15) is 12.4 Å². The van der Waals surface area contributed by atoms with Crippen LogP contribution in [0.1, 0.15) is 31.9 Å². The van der Waals surface area contributed by atoms with E-state index in [1.165, 1.54) is 5.56 Å². The van der Waals surface area contributed by atoms with Crippen LogP contribution in [0.5, 0.6) is 5.75 Å². The number of thiophene rings is 1.